The van der Waals surface area contributed by atoms with Crippen molar-refractivity contribution in [1.82, 2.24) is 0 Å². The highest BCUT2D eigenvalue weighted by molar-refractivity contribution is 5.91. The van der Waals surface area contributed by atoms with Gasteiger partial charge < -0.3 is 19.7 Å². The number of hydrogen-bond acceptors (Lipinski definition) is 5. The summed E-state index contributed by atoms with van der Waals surface area (Å²) < 4.78 is 9.11. The van der Waals surface area contributed by atoms with Crippen molar-refractivity contribution < 1.29 is 24.5 Å². The van der Waals surface area contributed by atoms with Gasteiger partial charge in [0.1, 0.15) is 0 Å². The van der Waals surface area contributed by atoms with E-state index in [0.29, 0.717) is 0 Å². The van der Waals surface area contributed by atoms with Crippen molar-refractivity contribution in [2.24, 2.45) is 0 Å². The SMILES string of the molecule is COC(=O)c1cc(O)c(OC)c(O)c1. The van der Waals surface area contributed by atoms with E-state index < -0.39 is 5.97 Å². The molecule has 1 rings (SSSR count). The van der Waals surface area contributed by atoms with Gasteiger partial charge in [0.25, 0.3) is 0 Å². The van der Waals surface area contributed by atoms with Gasteiger partial charge in [-0.25, -0.2) is 4.79 Å². The summed E-state index contributed by atoms with van der Waals surface area (Å²) in [4.78, 5) is 11.0. The minimum absolute atomic E-state index is 0.0586. The van der Waals surface area contributed by atoms with E-state index in [9.17, 15) is 15.0 Å². The molecular formula is C9H10O5. The summed E-state index contributed by atoms with van der Waals surface area (Å²) in [6.45, 7) is 0. The molecular weight excluding hydrogens is 188 g/mol. The molecule has 0 fully saturated rings. The van der Waals surface area contributed by atoms with Crippen LogP contribution in [0.3, 0.4) is 0 Å². The fraction of sp³-hybridized carbons (Fsp3) is 0.222. The molecule has 0 aliphatic heterocycles. The predicted octanol–water partition coefficient (Wildman–Crippen LogP) is 0.893. The van der Waals surface area contributed by atoms with Gasteiger partial charge in [0.15, 0.2) is 11.5 Å². The Balaban J connectivity index is 3.20. The number of phenolic OH excluding ortho intramolecular Hbond substituents is 2. The molecule has 0 unspecified atom stereocenters. The lowest BCUT2D eigenvalue weighted by atomic mass is 10.2. The monoisotopic (exact) mass is 198 g/mol. The second kappa shape index (κ2) is 3.87. The summed E-state index contributed by atoms with van der Waals surface area (Å²) >= 11 is 0. The van der Waals surface area contributed by atoms with Gasteiger partial charge in [-0.05, 0) is 12.1 Å². The number of phenols is 2. The summed E-state index contributed by atoms with van der Waals surface area (Å²) in [6, 6.07) is 2.31. The van der Waals surface area contributed by atoms with Crippen LogP contribution in [-0.4, -0.2) is 30.4 Å². The third-order valence-corrected chi connectivity index (χ3v) is 1.67. The number of benzene rings is 1. The van der Waals surface area contributed by atoms with Crippen molar-refractivity contribution in [2.75, 3.05) is 14.2 Å². The van der Waals surface area contributed by atoms with Crippen LogP contribution in [-0.2, 0) is 4.74 Å². The molecule has 0 spiro atoms. The Morgan fingerprint density at radius 2 is 1.71 bits per heavy atom. The Morgan fingerprint density at radius 1 is 1.21 bits per heavy atom. The standard InChI is InChI=1S/C9H10O5/c1-13-8-6(10)3-5(4-7(8)11)9(12)14-2/h3-4,10-11H,1-2H3. The third kappa shape index (κ3) is 1.71. The van der Waals surface area contributed by atoms with E-state index in [1.807, 2.05) is 0 Å². The van der Waals surface area contributed by atoms with E-state index in [-0.39, 0.29) is 22.8 Å². The summed E-state index contributed by atoms with van der Waals surface area (Å²) in [6.07, 6.45) is 0. The van der Waals surface area contributed by atoms with Crippen LogP contribution in [0.15, 0.2) is 12.1 Å². The largest absolute Gasteiger partial charge is 0.504 e. The Hall–Kier alpha value is -1.91. The van der Waals surface area contributed by atoms with Gasteiger partial charge in [-0.3, -0.25) is 0 Å². The molecule has 0 bridgehead atoms. The van der Waals surface area contributed by atoms with Gasteiger partial charge in [-0.15, -0.1) is 0 Å². The van der Waals surface area contributed by atoms with Gasteiger partial charge >= 0.3 is 5.97 Å². The molecule has 0 saturated carbocycles. The molecule has 2 N–H and O–H groups in total. The molecule has 0 aliphatic carbocycles. The lowest BCUT2D eigenvalue weighted by Gasteiger charge is -2.07. The van der Waals surface area contributed by atoms with E-state index >= 15 is 0 Å². The molecule has 0 aliphatic rings. The normalized spacial score (nSPS) is 9.57. The van der Waals surface area contributed by atoms with Crippen LogP contribution in [0.5, 0.6) is 17.2 Å². The minimum Gasteiger partial charge on any atom is -0.504 e. The van der Waals surface area contributed by atoms with Crippen LogP contribution in [0.2, 0.25) is 0 Å². The zero-order chi connectivity index (χ0) is 10.7. The number of methoxy groups -OCH3 is 2. The van der Waals surface area contributed by atoms with Crippen LogP contribution < -0.4 is 4.74 Å². The van der Waals surface area contributed by atoms with Gasteiger partial charge in [0, 0.05) is 0 Å². The number of aromatic hydroxyl groups is 2. The third-order valence-electron chi connectivity index (χ3n) is 1.67. The molecule has 0 saturated heterocycles. The quantitative estimate of drug-likeness (QED) is 0.690. The first-order valence-electron chi connectivity index (χ1n) is 3.78. The Morgan fingerprint density at radius 3 is 2.07 bits per heavy atom. The summed E-state index contributed by atoms with van der Waals surface area (Å²) in [5.41, 5.74) is 0.0586. The van der Waals surface area contributed by atoms with Gasteiger partial charge in [0.2, 0.25) is 5.75 Å². The molecule has 0 aromatic heterocycles. The number of carbonyl (C=O) groups is 1. The Bertz CT molecular complexity index is 335. The number of carbonyl (C=O) groups excluding carboxylic acids is 1. The van der Waals surface area contributed by atoms with E-state index in [4.69, 9.17) is 4.74 Å². The maximum absolute atomic E-state index is 11.0. The molecule has 0 atom stereocenters. The van der Waals surface area contributed by atoms with Crippen molar-refractivity contribution in [3.8, 4) is 17.2 Å². The van der Waals surface area contributed by atoms with Crippen molar-refractivity contribution in [2.45, 2.75) is 0 Å². The second-order valence-corrected chi connectivity index (χ2v) is 2.54. The van der Waals surface area contributed by atoms with Crippen LogP contribution in [0.1, 0.15) is 10.4 Å². The second-order valence-electron chi connectivity index (χ2n) is 2.54. The summed E-state index contributed by atoms with van der Waals surface area (Å²) in [7, 11) is 2.51. The van der Waals surface area contributed by atoms with Crippen molar-refractivity contribution in [1.29, 1.82) is 0 Å². The molecule has 1 aromatic rings. The molecule has 14 heavy (non-hydrogen) atoms. The van der Waals surface area contributed by atoms with E-state index in [2.05, 4.69) is 4.74 Å². The lowest BCUT2D eigenvalue weighted by molar-refractivity contribution is 0.0599. The highest BCUT2D eigenvalue weighted by Gasteiger charge is 2.14. The van der Waals surface area contributed by atoms with Gasteiger partial charge in [-0.2, -0.15) is 0 Å². The maximum atomic E-state index is 11.0. The molecule has 0 radical (unpaired) electrons. The minimum atomic E-state index is -0.641. The summed E-state index contributed by atoms with van der Waals surface area (Å²) in [5.74, 6) is -1.34. The van der Waals surface area contributed by atoms with Gasteiger partial charge in [0.05, 0.1) is 19.8 Å². The predicted molar refractivity (Wildman–Crippen MR) is 47.7 cm³/mol. The molecule has 0 heterocycles. The fourth-order valence-corrected chi connectivity index (χ4v) is 1.04. The van der Waals surface area contributed by atoms with E-state index in [0.717, 1.165) is 12.1 Å². The molecule has 0 amide bonds. The highest BCUT2D eigenvalue weighted by atomic mass is 16.5. The maximum Gasteiger partial charge on any atom is 0.338 e. The van der Waals surface area contributed by atoms with E-state index in [1.165, 1.54) is 14.2 Å². The zero-order valence-electron chi connectivity index (χ0n) is 7.77. The smallest absolute Gasteiger partial charge is 0.338 e. The number of hydrogen-bond donors (Lipinski definition) is 2. The molecule has 5 heteroatoms. The molecule has 76 valence electrons. The van der Waals surface area contributed by atoms with Crippen LogP contribution in [0.25, 0.3) is 0 Å². The first-order valence-corrected chi connectivity index (χ1v) is 3.78. The topological polar surface area (TPSA) is 76.0 Å². The van der Waals surface area contributed by atoms with Crippen molar-refractivity contribution in [3.05, 3.63) is 17.7 Å². The Kier molecular flexibility index (Phi) is 2.81. The van der Waals surface area contributed by atoms with Crippen LogP contribution in [0, 0.1) is 0 Å². The molecule has 5 nitrogen and oxygen atoms in total. The Labute approximate surface area is 80.5 Å². The van der Waals surface area contributed by atoms with Gasteiger partial charge in [-0.1, -0.05) is 0 Å². The zero-order valence-corrected chi connectivity index (χ0v) is 7.77. The van der Waals surface area contributed by atoms with E-state index in [1.54, 1.807) is 0 Å². The van der Waals surface area contributed by atoms with Crippen molar-refractivity contribution in [3.63, 3.8) is 0 Å². The first kappa shape index (κ1) is 10.2. The summed E-state index contributed by atoms with van der Waals surface area (Å²) in [5, 5.41) is 18.6. The average molecular weight is 198 g/mol. The first-order chi connectivity index (χ1) is 6.60. The number of ether oxygens (including phenoxy) is 2. The van der Waals surface area contributed by atoms with Crippen LogP contribution >= 0.6 is 0 Å². The molecule has 1 aromatic carbocycles. The van der Waals surface area contributed by atoms with Crippen molar-refractivity contribution >= 4 is 5.97 Å². The lowest BCUT2D eigenvalue weighted by Crippen LogP contribution is -2.01. The van der Waals surface area contributed by atoms with Crippen LogP contribution in [0.4, 0.5) is 0 Å². The highest BCUT2D eigenvalue weighted by Crippen LogP contribution is 2.36. The number of rotatable bonds is 2. The fourth-order valence-electron chi connectivity index (χ4n) is 1.04. The number of esters is 1. The average Bonchev–Trinajstić information content (AvgIpc) is 2.16.